The normalized spacial score (nSPS) is 15.6. The van der Waals surface area contributed by atoms with Crippen molar-refractivity contribution in [1.29, 1.82) is 0 Å². The molecular weight excluding hydrogens is 416 g/mol. The SMILES string of the molecule is COC(=O)c1[nH]c2ccc(Cl)cc2c1NC(=O)[C@@H](C)N1CCN(c2ccccc2)CC1. The Morgan fingerprint density at radius 1 is 1.10 bits per heavy atom. The molecule has 2 heterocycles. The third kappa shape index (κ3) is 4.38. The van der Waals surface area contributed by atoms with E-state index in [0.717, 1.165) is 26.2 Å². The third-order valence-corrected chi connectivity index (χ3v) is 6.00. The molecule has 1 aliphatic heterocycles. The van der Waals surface area contributed by atoms with E-state index in [1.54, 1.807) is 18.2 Å². The number of benzene rings is 2. The zero-order chi connectivity index (χ0) is 22.0. The van der Waals surface area contributed by atoms with E-state index in [0.29, 0.717) is 21.6 Å². The van der Waals surface area contributed by atoms with Gasteiger partial charge in [0.1, 0.15) is 5.69 Å². The van der Waals surface area contributed by atoms with Crippen molar-refractivity contribution in [3.63, 3.8) is 0 Å². The molecule has 1 aliphatic rings. The van der Waals surface area contributed by atoms with E-state index >= 15 is 0 Å². The highest BCUT2D eigenvalue weighted by atomic mass is 35.5. The van der Waals surface area contributed by atoms with Crippen LogP contribution in [0, 0.1) is 0 Å². The second-order valence-corrected chi connectivity index (χ2v) is 8.02. The number of rotatable bonds is 5. The van der Waals surface area contributed by atoms with Gasteiger partial charge in [0.25, 0.3) is 0 Å². The maximum Gasteiger partial charge on any atom is 0.356 e. The fourth-order valence-corrected chi connectivity index (χ4v) is 4.12. The molecule has 1 amide bonds. The molecule has 31 heavy (non-hydrogen) atoms. The number of nitrogens with one attached hydrogen (secondary N) is 2. The molecule has 0 spiro atoms. The number of amides is 1. The van der Waals surface area contributed by atoms with E-state index < -0.39 is 5.97 Å². The average Bonchev–Trinajstić information content (AvgIpc) is 3.16. The maximum absolute atomic E-state index is 13.1. The number of nitrogens with zero attached hydrogens (tertiary/aromatic N) is 2. The molecule has 0 unspecified atom stereocenters. The molecule has 7 nitrogen and oxygen atoms in total. The van der Waals surface area contributed by atoms with Crippen LogP contribution in [0.1, 0.15) is 17.4 Å². The number of aromatic nitrogens is 1. The molecule has 0 radical (unpaired) electrons. The van der Waals surface area contributed by atoms with Crippen molar-refractivity contribution in [3.05, 3.63) is 59.2 Å². The number of esters is 1. The van der Waals surface area contributed by atoms with Crippen LogP contribution in [0.2, 0.25) is 5.02 Å². The lowest BCUT2D eigenvalue weighted by atomic mass is 10.1. The number of H-pyrrole nitrogens is 1. The molecule has 0 saturated carbocycles. The summed E-state index contributed by atoms with van der Waals surface area (Å²) in [6.07, 6.45) is 0. The van der Waals surface area contributed by atoms with Crippen LogP contribution in [0.4, 0.5) is 11.4 Å². The predicted octanol–water partition coefficient (Wildman–Crippen LogP) is 3.76. The topological polar surface area (TPSA) is 77.7 Å². The highest BCUT2D eigenvalue weighted by Gasteiger charge is 2.28. The molecule has 0 bridgehead atoms. The maximum atomic E-state index is 13.1. The van der Waals surface area contributed by atoms with Crippen molar-refractivity contribution in [1.82, 2.24) is 9.88 Å². The van der Waals surface area contributed by atoms with Crippen LogP contribution in [0.25, 0.3) is 10.9 Å². The first-order chi connectivity index (χ1) is 15.0. The van der Waals surface area contributed by atoms with Crippen LogP contribution in [0.3, 0.4) is 0 Å². The van der Waals surface area contributed by atoms with Gasteiger partial charge in [0, 0.05) is 47.8 Å². The van der Waals surface area contributed by atoms with Crippen LogP contribution in [0.5, 0.6) is 0 Å². The van der Waals surface area contributed by atoms with Gasteiger partial charge in [-0.2, -0.15) is 0 Å². The van der Waals surface area contributed by atoms with Crippen molar-refractivity contribution in [3.8, 4) is 0 Å². The number of anilines is 2. The Kier molecular flexibility index (Phi) is 6.15. The standard InChI is InChI=1S/C23H25ClN4O3/c1-15(27-10-12-28(13-11-27)17-6-4-3-5-7-17)22(29)26-20-18-14-16(24)8-9-19(18)25-21(20)23(30)31-2/h3-9,14-15,25H,10-13H2,1-2H3,(H,26,29)/t15-/m1/s1. The summed E-state index contributed by atoms with van der Waals surface area (Å²) in [6.45, 7) is 5.11. The number of hydrogen-bond donors (Lipinski definition) is 2. The summed E-state index contributed by atoms with van der Waals surface area (Å²) in [6, 6.07) is 15.1. The Bertz CT molecular complexity index is 1090. The lowest BCUT2D eigenvalue weighted by Crippen LogP contribution is -2.52. The first kappa shape index (κ1) is 21.2. The number of fused-ring (bicyclic) bond motifs is 1. The van der Waals surface area contributed by atoms with E-state index in [1.165, 1.54) is 12.8 Å². The Hall–Kier alpha value is -3.03. The van der Waals surface area contributed by atoms with Gasteiger partial charge in [0.2, 0.25) is 5.91 Å². The van der Waals surface area contributed by atoms with Gasteiger partial charge in [-0.3, -0.25) is 9.69 Å². The van der Waals surface area contributed by atoms with Crippen molar-refractivity contribution >= 4 is 45.8 Å². The fraction of sp³-hybridized carbons (Fsp3) is 0.304. The Labute approximate surface area is 185 Å². The summed E-state index contributed by atoms with van der Waals surface area (Å²) in [5.74, 6) is -0.731. The van der Waals surface area contributed by atoms with Gasteiger partial charge in [-0.25, -0.2) is 4.79 Å². The number of halogens is 1. The Morgan fingerprint density at radius 2 is 1.81 bits per heavy atom. The molecule has 8 heteroatoms. The molecule has 3 aromatic rings. The van der Waals surface area contributed by atoms with E-state index in [4.69, 9.17) is 16.3 Å². The Morgan fingerprint density at radius 3 is 2.48 bits per heavy atom. The predicted molar refractivity (Wildman–Crippen MR) is 123 cm³/mol. The first-order valence-electron chi connectivity index (χ1n) is 10.2. The summed E-state index contributed by atoms with van der Waals surface area (Å²) in [4.78, 5) is 32.8. The highest BCUT2D eigenvalue weighted by Crippen LogP contribution is 2.31. The summed E-state index contributed by atoms with van der Waals surface area (Å²) in [7, 11) is 1.31. The molecular formula is C23H25ClN4O3. The van der Waals surface area contributed by atoms with E-state index in [2.05, 4.69) is 32.2 Å². The van der Waals surface area contributed by atoms with Gasteiger partial charge in [0.15, 0.2) is 0 Å². The van der Waals surface area contributed by atoms with Crippen LogP contribution < -0.4 is 10.2 Å². The molecule has 1 fully saturated rings. The molecule has 2 N–H and O–H groups in total. The van der Waals surface area contributed by atoms with Crippen molar-refractivity contribution < 1.29 is 14.3 Å². The van der Waals surface area contributed by atoms with Crippen molar-refractivity contribution in [2.45, 2.75) is 13.0 Å². The number of hydrogen-bond acceptors (Lipinski definition) is 5. The number of para-hydroxylation sites is 1. The lowest BCUT2D eigenvalue weighted by molar-refractivity contribution is -0.120. The molecule has 1 aromatic heterocycles. The van der Waals surface area contributed by atoms with Crippen LogP contribution in [-0.4, -0.2) is 61.1 Å². The molecule has 0 aliphatic carbocycles. The first-order valence-corrected chi connectivity index (χ1v) is 10.6. The van der Waals surface area contributed by atoms with Gasteiger partial charge in [-0.1, -0.05) is 29.8 Å². The molecule has 1 saturated heterocycles. The minimum Gasteiger partial charge on any atom is -0.464 e. The fourth-order valence-electron chi connectivity index (χ4n) is 3.95. The van der Waals surface area contributed by atoms with Gasteiger partial charge in [-0.05, 0) is 37.3 Å². The van der Waals surface area contributed by atoms with Crippen LogP contribution in [-0.2, 0) is 9.53 Å². The second kappa shape index (κ2) is 8.99. The Balaban J connectivity index is 1.49. The summed E-state index contributed by atoms with van der Waals surface area (Å²) in [5.41, 5.74) is 2.49. The average molecular weight is 441 g/mol. The summed E-state index contributed by atoms with van der Waals surface area (Å²) in [5, 5.41) is 4.12. The quantitative estimate of drug-likeness (QED) is 0.591. The number of carbonyl (C=O) groups is 2. The van der Waals surface area contributed by atoms with Gasteiger partial charge < -0.3 is 19.9 Å². The molecule has 1 atom stereocenters. The van der Waals surface area contributed by atoms with E-state index in [-0.39, 0.29) is 17.6 Å². The monoisotopic (exact) mass is 440 g/mol. The van der Waals surface area contributed by atoms with E-state index in [1.807, 2.05) is 25.1 Å². The van der Waals surface area contributed by atoms with Gasteiger partial charge >= 0.3 is 5.97 Å². The molecule has 162 valence electrons. The van der Waals surface area contributed by atoms with E-state index in [9.17, 15) is 9.59 Å². The summed E-state index contributed by atoms with van der Waals surface area (Å²) >= 11 is 6.14. The zero-order valence-electron chi connectivity index (χ0n) is 17.5. The second-order valence-electron chi connectivity index (χ2n) is 7.58. The third-order valence-electron chi connectivity index (χ3n) is 5.76. The van der Waals surface area contributed by atoms with Crippen molar-refractivity contribution in [2.75, 3.05) is 43.5 Å². The number of ether oxygens (including phenoxy) is 1. The number of piperazine rings is 1. The molecule has 4 rings (SSSR count). The minimum atomic E-state index is -0.549. The number of aromatic amines is 1. The van der Waals surface area contributed by atoms with Gasteiger partial charge in [0.05, 0.1) is 18.8 Å². The largest absolute Gasteiger partial charge is 0.464 e. The smallest absolute Gasteiger partial charge is 0.356 e. The van der Waals surface area contributed by atoms with Crippen molar-refractivity contribution in [2.24, 2.45) is 0 Å². The number of methoxy groups -OCH3 is 1. The van der Waals surface area contributed by atoms with Crippen LogP contribution >= 0.6 is 11.6 Å². The zero-order valence-corrected chi connectivity index (χ0v) is 18.3. The number of carbonyl (C=O) groups excluding carboxylic acids is 2. The lowest BCUT2D eigenvalue weighted by Gasteiger charge is -2.38. The highest BCUT2D eigenvalue weighted by molar-refractivity contribution is 6.31. The van der Waals surface area contributed by atoms with Crippen LogP contribution in [0.15, 0.2) is 48.5 Å². The van der Waals surface area contributed by atoms with Gasteiger partial charge in [-0.15, -0.1) is 0 Å². The summed E-state index contributed by atoms with van der Waals surface area (Å²) < 4.78 is 4.88. The minimum absolute atomic E-state index is 0.181. The molecule has 2 aromatic carbocycles.